The molecule has 0 aromatic heterocycles. The quantitative estimate of drug-likeness (QED) is 0.815. The van der Waals surface area contributed by atoms with E-state index in [9.17, 15) is 0 Å². The minimum atomic E-state index is 0.828. The molecule has 0 radical (unpaired) electrons. The molecule has 1 aromatic rings. The average Bonchev–Trinajstić information content (AvgIpc) is 3.13. The van der Waals surface area contributed by atoms with E-state index in [-0.39, 0.29) is 0 Å². The second kappa shape index (κ2) is 5.54. The fourth-order valence-electron chi connectivity index (χ4n) is 2.33. The van der Waals surface area contributed by atoms with Gasteiger partial charge in [0.15, 0.2) is 0 Å². The molecule has 1 unspecified atom stereocenters. The Hall–Kier alpha value is -1.02. The van der Waals surface area contributed by atoms with Gasteiger partial charge in [0.25, 0.3) is 0 Å². The first-order chi connectivity index (χ1) is 8.20. The molecule has 1 saturated carbocycles. The second-order valence-electron chi connectivity index (χ2n) is 5.25. The molecule has 1 aromatic carbocycles. The normalized spacial score (nSPS) is 16.9. The standard InChI is InChI=1S/C15H23NO/c1-11-8-13(4-7-15(11)17-3)10-16-9-12(2)14-5-6-14/h4,7-8,12,14,16H,5-6,9-10H2,1-3H3. The summed E-state index contributed by atoms with van der Waals surface area (Å²) in [4.78, 5) is 0. The van der Waals surface area contributed by atoms with Gasteiger partial charge in [-0.05, 0) is 55.3 Å². The molecule has 2 heteroatoms. The van der Waals surface area contributed by atoms with Gasteiger partial charge in [-0.3, -0.25) is 0 Å². The number of ether oxygens (including phenoxy) is 1. The Morgan fingerprint density at radius 2 is 2.18 bits per heavy atom. The van der Waals surface area contributed by atoms with Crippen molar-refractivity contribution < 1.29 is 4.74 Å². The lowest BCUT2D eigenvalue weighted by Crippen LogP contribution is -2.21. The predicted octanol–water partition coefficient (Wildman–Crippen LogP) is 3.14. The number of benzene rings is 1. The van der Waals surface area contributed by atoms with Crippen LogP contribution in [0, 0.1) is 18.8 Å². The first-order valence-electron chi connectivity index (χ1n) is 6.55. The molecule has 1 atom stereocenters. The summed E-state index contributed by atoms with van der Waals surface area (Å²) in [5.41, 5.74) is 2.55. The first kappa shape index (κ1) is 12.4. The van der Waals surface area contributed by atoms with Gasteiger partial charge in [0.1, 0.15) is 5.75 Å². The lowest BCUT2D eigenvalue weighted by atomic mass is 10.1. The molecule has 0 bridgehead atoms. The lowest BCUT2D eigenvalue weighted by Gasteiger charge is -2.12. The Balaban J connectivity index is 1.80. The van der Waals surface area contributed by atoms with E-state index in [1.54, 1.807) is 7.11 Å². The maximum absolute atomic E-state index is 5.26. The van der Waals surface area contributed by atoms with Crippen LogP contribution >= 0.6 is 0 Å². The molecule has 0 heterocycles. The van der Waals surface area contributed by atoms with Gasteiger partial charge in [0, 0.05) is 6.54 Å². The fourth-order valence-corrected chi connectivity index (χ4v) is 2.33. The molecule has 0 amide bonds. The third kappa shape index (κ3) is 3.47. The fraction of sp³-hybridized carbons (Fsp3) is 0.600. The molecule has 17 heavy (non-hydrogen) atoms. The highest BCUT2D eigenvalue weighted by Gasteiger charge is 2.27. The van der Waals surface area contributed by atoms with Gasteiger partial charge in [-0.2, -0.15) is 0 Å². The van der Waals surface area contributed by atoms with Gasteiger partial charge in [0.05, 0.1) is 7.11 Å². The third-order valence-electron chi connectivity index (χ3n) is 3.68. The Labute approximate surface area is 104 Å². The van der Waals surface area contributed by atoms with Crippen LogP contribution in [0.3, 0.4) is 0 Å². The monoisotopic (exact) mass is 233 g/mol. The predicted molar refractivity (Wildman–Crippen MR) is 71.3 cm³/mol. The van der Waals surface area contributed by atoms with Crippen molar-refractivity contribution in [3.05, 3.63) is 29.3 Å². The summed E-state index contributed by atoms with van der Waals surface area (Å²) < 4.78 is 5.26. The van der Waals surface area contributed by atoms with Gasteiger partial charge in [0.2, 0.25) is 0 Å². The van der Waals surface area contributed by atoms with E-state index in [1.807, 2.05) is 0 Å². The first-order valence-corrected chi connectivity index (χ1v) is 6.55. The molecule has 0 spiro atoms. The van der Waals surface area contributed by atoms with Crippen LogP contribution in [0.4, 0.5) is 0 Å². The molecule has 94 valence electrons. The van der Waals surface area contributed by atoms with Crippen LogP contribution in [0.5, 0.6) is 5.75 Å². The van der Waals surface area contributed by atoms with Crippen molar-refractivity contribution in [2.45, 2.75) is 33.2 Å². The van der Waals surface area contributed by atoms with Gasteiger partial charge < -0.3 is 10.1 Å². The lowest BCUT2D eigenvalue weighted by molar-refractivity contribution is 0.411. The molecule has 1 fully saturated rings. The number of hydrogen-bond donors (Lipinski definition) is 1. The van der Waals surface area contributed by atoms with Crippen LogP contribution in [0.1, 0.15) is 30.9 Å². The maximum atomic E-state index is 5.26. The Morgan fingerprint density at radius 1 is 1.41 bits per heavy atom. The zero-order valence-corrected chi connectivity index (χ0v) is 11.1. The largest absolute Gasteiger partial charge is 0.496 e. The van der Waals surface area contributed by atoms with Crippen molar-refractivity contribution in [2.24, 2.45) is 11.8 Å². The SMILES string of the molecule is COc1ccc(CNCC(C)C2CC2)cc1C. The van der Waals surface area contributed by atoms with Crippen LogP contribution in [0.25, 0.3) is 0 Å². The van der Waals surface area contributed by atoms with Crippen molar-refractivity contribution in [1.82, 2.24) is 5.32 Å². The summed E-state index contributed by atoms with van der Waals surface area (Å²) in [6.07, 6.45) is 2.87. The second-order valence-corrected chi connectivity index (χ2v) is 5.25. The van der Waals surface area contributed by atoms with E-state index in [0.29, 0.717) is 0 Å². The van der Waals surface area contributed by atoms with Crippen molar-refractivity contribution in [3.8, 4) is 5.75 Å². The van der Waals surface area contributed by atoms with E-state index in [2.05, 4.69) is 37.4 Å². The molecule has 2 nitrogen and oxygen atoms in total. The van der Waals surface area contributed by atoms with Gasteiger partial charge in [-0.1, -0.05) is 19.1 Å². The summed E-state index contributed by atoms with van der Waals surface area (Å²) in [5.74, 6) is 2.79. The van der Waals surface area contributed by atoms with Crippen molar-refractivity contribution in [1.29, 1.82) is 0 Å². The Kier molecular flexibility index (Phi) is 4.06. The highest BCUT2D eigenvalue weighted by Crippen LogP contribution is 2.36. The molecule has 1 N–H and O–H groups in total. The van der Waals surface area contributed by atoms with Gasteiger partial charge in [-0.15, -0.1) is 0 Å². The van der Waals surface area contributed by atoms with E-state index in [1.165, 1.54) is 24.0 Å². The summed E-state index contributed by atoms with van der Waals surface area (Å²) in [6, 6.07) is 6.39. The number of aryl methyl sites for hydroxylation is 1. The zero-order valence-electron chi connectivity index (χ0n) is 11.1. The number of hydrogen-bond acceptors (Lipinski definition) is 2. The minimum Gasteiger partial charge on any atom is -0.496 e. The summed E-state index contributed by atoms with van der Waals surface area (Å²) in [5, 5.41) is 3.55. The van der Waals surface area contributed by atoms with Crippen LogP contribution < -0.4 is 10.1 Å². The van der Waals surface area contributed by atoms with E-state index in [4.69, 9.17) is 4.74 Å². The molecular weight excluding hydrogens is 210 g/mol. The minimum absolute atomic E-state index is 0.828. The van der Waals surface area contributed by atoms with Crippen molar-refractivity contribution >= 4 is 0 Å². The Bertz CT molecular complexity index is 371. The molecule has 0 aliphatic heterocycles. The van der Waals surface area contributed by atoms with Crippen LogP contribution in [0.2, 0.25) is 0 Å². The maximum Gasteiger partial charge on any atom is 0.121 e. The molecule has 2 rings (SSSR count). The van der Waals surface area contributed by atoms with Gasteiger partial charge >= 0.3 is 0 Å². The molecule has 0 saturated heterocycles. The average molecular weight is 233 g/mol. The van der Waals surface area contributed by atoms with E-state index in [0.717, 1.165) is 30.7 Å². The highest BCUT2D eigenvalue weighted by atomic mass is 16.5. The van der Waals surface area contributed by atoms with Gasteiger partial charge in [-0.25, -0.2) is 0 Å². The van der Waals surface area contributed by atoms with E-state index >= 15 is 0 Å². The molecular formula is C15H23NO. The van der Waals surface area contributed by atoms with Crippen LogP contribution in [-0.2, 0) is 6.54 Å². The summed E-state index contributed by atoms with van der Waals surface area (Å²) in [7, 11) is 1.72. The van der Waals surface area contributed by atoms with E-state index < -0.39 is 0 Å². The van der Waals surface area contributed by atoms with Crippen molar-refractivity contribution in [3.63, 3.8) is 0 Å². The van der Waals surface area contributed by atoms with Crippen molar-refractivity contribution in [2.75, 3.05) is 13.7 Å². The van der Waals surface area contributed by atoms with Crippen LogP contribution in [-0.4, -0.2) is 13.7 Å². The summed E-state index contributed by atoms with van der Waals surface area (Å²) in [6.45, 7) is 6.54. The summed E-state index contributed by atoms with van der Waals surface area (Å²) >= 11 is 0. The Morgan fingerprint density at radius 3 is 2.76 bits per heavy atom. The highest BCUT2D eigenvalue weighted by molar-refractivity contribution is 5.36. The third-order valence-corrected chi connectivity index (χ3v) is 3.68. The number of rotatable bonds is 6. The number of methoxy groups -OCH3 is 1. The molecule has 1 aliphatic rings. The zero-order chi connectivity index (χ0) is 12.3. The molecule has 1 aliphatic carbocycles. The smallest absolute Gasteiger partial charge is 0.121 e. The topological polar surface area (TPSA) is 21.3 Å². The number of nitrogens with one attached hydrogen (secondary N) is 1. The van der Waals surface area contributed by atoms with Crippen LogP contribution in [0.15, 0.2) is 18.2 Å².